The molecule has 2 aromatic rings. The van der Waals surface area contributed by atoms with Crippen molar-refractivity contribution in [2.24, 2.45) is 5.73 Å². The number of hydrogen-bond acceptors (Lipinski definition) is 5. The number of rotatable bonds is 3. The molecule has 0 spiro atoms. The quantitative estimate of drug-likeness (QED) is 0.853. The highest BCUT2D eigenvalue weighted by Crippen LogP contribution is 2.38. The maximum atomic E-state index is 12.5. The Morgan fingerprint density at radius 1 is 1.20 bits per heavy atom. The van der Waals surface area contributed by atoms with E-state index in [9.17, 15) is 8.42 Å². The van der Waals surface area contributed by atoms with Crippen LogP contribution >= 0.6 is 12.4 Å². The van der Waals surface area contributed by atoms with E-state index in [4.69, 9.17) is 10.5 Å². The Labute approximate surface area is 153 Å². The van der Waals surface area contributed by atoms with Crippen molar-refractivity contribution >= 4 is 28.1 Å². The third-order valence-corrected chi connectivity index (χ3v) is 5.93. The zero-order chi connectivity index (χ0) is 16.7. The van der Waals surface area contributed by atoms with E-state index in [1.165, 1.54) is 0 Å². The maximum Gasteiger partial charge on any atom is 0.244 e. The van der Waals surface area contributed by atoms with Crippen LogP contribution in [0.2, 0.25) is 0 Å². The Balaban J connectivity index is 0.00000182. The SMILES string of the molecule is Cl.NCc1cccc(Oc2ccc3c(c2)S(=O)(=O)NC2CCCN32)c1. The minimum Gasteiger partial charge on any atom is -0.457 e. The molecule has 134 valence electrons. The van der Waals surface area contributed by atoms with E-state index in [1.54, 1.807) is 6.07 Å². The molecule has 0 aliphatic carbocycles. The second-order valence-electron chi connectivity index (χ2n) is 6.06. The highest BCUT2D eigenvalue weighted by Gasteiger charge is 2.37. The normalized spacial score (nSPS) is 20.4. The van der Waals surface area contributed by atoms with Crippen LogP contribution in [0, 0.1) is 0 Å². The average Bonchev–Trinajstić information content (AvgIpc) is 3.02. The summed E-state index contributed by atoms with van der Waals surface area (Å²) in [6.07, 6.45) is 1.69. The number of ether oxygens (including phenoxy) is 1. The highest BCUT2D eigenvalue weighted by atomic mass is 35.5. The van der Waals surface area contributed by atoms with Crippen LogP contribution in [-0.4, -0.2) is 21.1 Å². The lowest BCUT2D eigenvalue weighted by Gasteiger charge is -2.33. The van der Waals surface area contributed by atoms with Gasteiger partial charge in [-0.25, -0.2) is 8.42 Å². The van der Waals surface area contributed by atoms with Crippen molar-refractivity contribution in [2.75, 3.05) is 11.4 Å². The van der Waals surface area contributed by atoms with Gasteiger partial charge in [-0.15, -0.1) is 12.4 Å². The molecule has 0 aromatic heterocycles. The zero-order valence-corrected chi connectivity index (χ0v) is 15.1. The summed E-state index contributed by atoms with van der Waals surface area (Å²) < 4.78 is 33.6. The lowest BCUT2D eigenvalue weighted by molar-refractivity contribution is 0.478. The van der Waals surface area contributed by atoms with E-state index in [0.717, 1.165) is 30.6 Å². The minimum absolute atomic E-state index is 0. The van der Waals surface area contributed by atoms with Crippen molar-refractivity contribution < 1.29 is 13.2 Å². The molecule has 8 heteroatoms. The summed E-state index contributed by atoms with van der Waals surface area (Å²) in [6, 6.07) is 12.7. The van der Waals surface area contributed by atoms with Crippen LogP contribution in [0.1, 0.15) is 18.4 Å². The molecule has 1 atom stereocenters. The monoisotopic (exact) mass is 381 g/mol. The topological polar surface area (TPSA) is 84.7 Å². The molecule has 1 fully saturated rings. The van der Waals surface area contributed by atoms with Crippen molar-refractivity contribution in [3.05, 3.63) is 48.0 Å². The molecular weight excluding hydrogens is 362 g/mol. The predicted octanol–water partition coefficient (Wildman–Crippen LogP) is 2.58. The van der Waals surface area contributed by atoms with E-state index in [2.05, 4.69) is 9.62 Å². The van der Waals surface area contributed by atoms with Crippen LogP contribution < -0.4 is 20.1 Å². The van der Waals surface area contributed by atoms with Gasteiger partial charge in [-0.05, 0) is 42.7 Å². The third-order valence-electron chi connectivity index (χ3n) is 4.44. The van der Waals surface area contributed by atoms with Crippen molar-refractivity contribution in [2.45, 2.75) is 30.4 Å². The first-order valence-electron chi connectivity index (χ1n) is 7.97. The third kappa shape index (κ3) is 3.32. The molecule has 25 heavy (non-hydrogen) atoms. The van der Waals surface area contributed by atoms with E-state index in [1.807, 2.05) is 36.4 Å². The molecule has 2 heterocycles. The van der Waals surface area contributed by atoms with Crippen molar-refractivity contribution in [3.63, 3.8) is 0 Å². The van der Waals surface area contributed by atoms with Gasteiger partial charge in [0.15, 0.2) is 0 Å². The standard InChI is InChI=1S/C17H19N3O3S.ClH/c18-11-12-3-1-4-13(9-12)23-14-6-7-15-16(10-14)24(21,22)19-17-5-2-8-20(15)17;/h1,3-4,6-7,9-10,17,19H,2,5,8,11,18H2;1H. The summed E-state index contributed by atoms with van der Waals surface area (Å²) in [5.41, 5.74) is 7.35. The second kappa shape index (κ2) is 6.84. The number of nitrogens with zero attached hydrogens (tertiary/aromatic N) is 1. The first-order valence-corrected chi connectivity index (χ1v) is 9.45. The second-order valence-corrected chi connectivity index (χ2v) is 7.74. The summed E-state index contributed by atoms with van der Waals surface area (Å²) in [6.45, 7) is 1.29. The van der Waals surface area contributed by atoms with Crippen LogP contribution in [0.4, 0.5) is 5.69 Å². The molecular formula is C17H20ClN3O3S. The highest BCUT2D eigenvalue weighted by molar-refractivity contribution is 7.89. The number of hydrogen-bond donors (Lipinski definition) is 2. The van der Waals surface area contributed by atoms with Crippen LogP contribution in [0.3, 0.4) is 0 Å². The zero-order valence-electron chi connectivity index (χ0n) is 13.5. The molecule has 4 rings (SSSR count). The summed E-state index contributed by atoms with van der Waals surface area (Å²) in [5.74, 6) is 1.13. The van der Waals surface area contributed by atoms with Gasteiger partial charge in [-0.3, -0.25) is 0 Å². The number of nitrogens with one attached hydrogen (secondary N) is 1. The van der Waals surface area contributed by atoms with Crippen LogP contribution in [0.5, 0.6) is 11.5 Å². The Bertz CT molecular complexity index is 888. The fourth-order valence-electron chi connectivity index (χ4n) is 3.30. The Hall–Kier alpha value is -1.80. The van der Waals surface area contributed by atoms with Crippen molar-refractivity contribution in [3.8, 4) is 11.5 Å². The molecule has 2 aromatic carbocycles. The van der Waals surface area contributed by atoms with E-state index >= 15 is 0 Å². The van der Waals surface area contributed by atoms with Crippen molar-refractivity contribution in [1.29, 1.82) is 0 Å². The summed E-state index contributed by atoms with van der Waals surface area (Å²) in [7, 11) is -3.52. The minimum atomic E-state index is -3.52. The number of anilines is 1. The first-order chi connectivity index (χ1) is 11.6. The molecule has 6 nitrogen and oxygen atoms in total. The molecule has 0 saturated carbocycles. The van der Waals surface area contributed by atoms with Gasteiger partial charge in [0.1, 0.15) is 16.4 Å². The summed E-state index contributed by atoms with van der Waals surface area (Å²) in [4.78, 5) is 2.38. The van der Waals surface area contributed by atoms with Crippen LogP contribution in [-0.2, 0) is 16.6 Å². The van der Waals surface area contributed by atoms with Gasteiger partial charge in [0.2, 0.25) is 10.0 Å². The molecule has 0 bridgehead atoms. The molecule has 0 amide bonds. The number of sulfonamides is 1. The molecule has 1 saturated heterocycles. The van der Waals surface area contributed by atoms with Gasteiger partial charge in [0, 0.05) is 19.2 Å². The lowest BCUT2D eigenvalue weighted by Crippen LogP contribution is -2.48. The number of nitrogens with two attached hydrogens (primary N) is 1. The fraction of sp³-hybridized carbons (Fsp3) is 0.294. The Kier molecular flexibility index (Phi) is 4.92. The van der Waals surface area contributed by atoms with Gasteiger partial charge in [-0.2, -0.15) is 4.72 Å². The van der Waals surface area contributed by atoms with E-state index < -0.39 is 10.0 Å². The van der Waals surface area contributed by atoms with Gasteiger partial charge in [0.05, 0.1) is 11.9 Å². The Morgan fingerprint density at radius 3 is 2.80 bits per heavy atom. The Morgan fingerprint density at radius 2 is 2.00 bits per heavy atom. The molecule has 0 radical (unpaired) electrons. The van der Waals surface area contributed by atoms with Crippen molar-refractivity contribution in [1.82, 2.24) is 4.72 Å². The number of benzene rings is 2. The molecule has 2 aliphatic heterocycles. The van der Waals surface area contributed by atoms with Crippen LogP contribution in [0.25, 0.3) is 0 Å². The first kappa shape index (κ1) is 18.0. The molecule has 1 unspecified atom stereocenters. The predicted molar refractivity (Wildman–Crippen MR) is 98.8 cm³/mol. The smallest absolute Gasteiger partial charge is 0.244 e. The maximum absolute atomic E-state index is 12.5. The van der Waals surface area contributed by atoms with Crippen LogP contribution in [0.15, 0.2) is 47.4 Å². The van der Waals surface area contributed by atoms with Gasteiger partial charge >= 0.3 is 0 Å². The van der Waals surface area contributed by atoms with Gasteiger partial charge < -0.3 is 15.4 Å². The summed E-state index contributed by atoms with van der Waals surface area (Å²) >= 11 is 0. The van der Waals surface area contributed by atoms with E-state index in [-0.39, 0.29) is 23.5 Å². The fourth-order valence-corrected chi connectivity index (χ4v) is 4.76. The lowest BCUT2D eigenvalue weighted by atomic mass is 10.2. The molecule has 3 N–H and O–H groups in total. The largest absolute Gasteiger partial charge is 0.457 e. The van der Waals surface area contributed by atoms with E-state index in [0.29, 0.717) is 18.0 Å². The average molecular weight is 382 g/mol. The summed E-state index contributed by atoms with van der Waals surface area (Å²) in [5, 5.41) is 0. The number of halogens is 1. The molecule has 2 aliphatic rings. The number of fused-ring (bicyclic) bond motifs is 3. The van der Waals surface area contributed by atoms with Gasteiger partial charge in [0.25, 0.3) is 0 Å². The van der Waals surface area contributed by atoms with Gasteiger partial charge in [-0.1, -0.05) is 12.1 Å².